The number of halogens is 1. The Kier molecular flexibility index (Phi) is 4.31. The van der Waals surface area contributed by atoms with Crippen molar-refractivity contribution in [1.29, 1.82) is 0 Å². The minimum absolute atomic E-state index is 0.0367. The van der Waals surface area contributed by atoms with Crippen molar-refractivity contribution in [2.24, 2.45) is 0 Å². The van der Waals surface area contributed by atoms with E-state index >= 15 is 0 Å². The molecule has 1 fully saturated rings. The highest BCUT2D eigenvalue weighted by molar-refractivity contribution is 5.83. The van der Waals surface area contributed by atoms with Crippen molar-refractivity contribution in [3.8, 4) is 0 Å². The highest BCUT2D eigenvalue weighted by atomic mass is 19.1. The van der Waals surface area contributed by atoms with Crippen LogP contribution in [-0.4, -0.2) is 29.9 Å². The van der Waals surface area contributed by atoms with E-state index in [0.717, 1.165) is 31.5 Å². The van der Waals surface area contributed by atoms with E-state index in [2.05, 4.69) is 12.2 Å². The molecule has 0 saturated carbocycles. The Labute approximate surface area is 107 Å². The molecule has 1 amide bonds. The molecule has 1 aromatic carbocycles. The third-order valence-corrected chi connectivity index (χ3v) is 3.22. The van der Waals surface area contributed by atoms with Gasteiger partial charge in [-0.1, -0.05) is 19.1 Å². The average molecular weight is 250 g/mol. The quantitative estimate of drug-likeness (QED) is 0.866. The molecular formula is C14H19FN2O. The Morgan fingerprint density at radius 2 is 2.11 bits per heavy atom. The minimum atomic E-state index is -0.242. The van der Waals surface area contributed by atoms with Crippen LogP contribution >= 0.6 is 0 Å². The lowest BCUT2D eigenvalue weighted by atomic mass is 10.2. The Hall–Kier alpha value is -1.42. The molecule has 18 heavy (non-hydrogen) atoms. The predicted octanol–water partition coefficient (Wildman–Crippen LogP) is 1.93. The molecule has 1 aliphatic rings. The number of rotatable bonds is 5. The van der Waals surface area contributed by atoms with E-state index in [1.165, 1.54) is 12.1 Å². The van der Waals surface area contributed by atoms with Crippen molar-refractivity contribution in [2.45, 2.75) is 32.4 Å². The molecule has 0 radical (unpaired) electrons. The van der Waals surface area contributed by atoms with Crippen molar-refractivity contribution in [3.05, 3.63) is 35.6 Å². The summed E-state index contributed by atoms with van der Waals surface area (Å²) in [4.78, 5) is 13.9. The van der Waals surface area contributed by atoms with E-state index in [1.807, 2.05) is 4.90 Å². The van der Waals surface area contributed by atoms with Crippen LogP contribution in [0.2, 0.25) is 0 Å². The monoisotopic (exact) mass is 250 g/mol. The SMILES string of the molecule is CCCNC1CCN(Cc2ccc(F)cc2)C1=O. The van der Waals surface area contributed by atoms with Crippen LogP contribution in [-0.2, 0) is 11.3 Å². The number of carbonyl (C=O) groups is 1. The van der Waals surface area contributed by atoms with Crippen molar-refractivity contribution < 1.29 is 9.18 Å². The normalized spacial score (nSPS) is 19.6. The van der Waals surface area contributed by atoms with Gasteiger partial charge in [0.2, 0.25) is 5.91 Å². The second kappa shape index (κ2) is 5.96. The summed E-state index contributed by atoms with van der Waals surface area (Å²) >= 11 is 0. The first-order valence-electron chi connectivity index (χ1n) is 6.47. The summed E-state index contributed by atoms with van der Waals surface area (Å²) < 4.78 is 12.8. The molecular weight excluding hydrogens is 231 g/mol. The summed E-state index contributed by atoms with van der Waals surface area (Å²) in [6.07, 6.45) is 1.89. The van der Waals surface area contributed by atoms with Crippen molar-refractivity contribution in [1.82, 2.24) is 10.2 Å². The third kappa shape index (κ3) is 3.07. The molecule has 0 spiro atoms. The van der Waals surface area contributed by atoms with Crippen LogP contribution in [0.15, 0.2) is 24.3 Å². The van der Waals surface area contributed by atoms with Crippen molar-refractivity contribution >= 4 is 5.91 Å². The van der Waals surface area contributed by atoms with Gasteiger partial charge in [0.25, 0.3) is 0 Å². The van der Waals surface area contributed by atoms with Gasteiger partial charge >= 0.3 is 0 Å². The number of benzene rings is 1. The zero-order valence-corrected chi connectivity index (χ0v) is 10.7. The molecule has 1 N–H and O–H groups in total. The molecule has 1 saturated heterocycles. The second-order valence-corrected chi connectivity index (χ2v) is 4.68. The molecule has 3 nitrogen and oxygen atoms in total. The topological polar surface area (TPSA) is 32.3 Å². The van der Waals surface area contributed by atoms with Gasteiger partial charge in [-0.25, -0.2) is 4.39 Å². The number of hydrogen-bond donors (Lipinski definition) is 1. The zero-order chi connectivity index (χ0) is 13.0. The lowest BCUT2D eigenvalue weighted by Crippen LogP contribution is -2.38. The fraction of sp³-hybridized carbons (Fsp3) is 0.500. The average Bonchev–Trinajstić information content (AvgIpc) is 2.71. The Bertz CT molecular complexity index is 405. The van der Waals surface area contributed by atoms with Gasteiger partial charge in [0.05, 0.1) is 6.04 Å². The molecule has 1 aromatic rings. The fourth-order valence-corrected chi connectivity index (χ4v) is 2.21. The molecule has 1 atom stereocenters. The lowest BCUT2D eigenvalue weighted by molar-refractivity contribution is -0.129. The van der Waals surface area contributed by atoms with Crippen LogP contribution in [0.1, 0.15) is 25.3 Å². The molecule has 4 heteroatoms. The standard InChI is InChI=1S/C14H19FN2O/c1-2-8-16-13-7-9-17(14(13)18)10-11-3-5-12(15)6-4-11/h3-6,13,16H,2,7-10H2,1H3. The molecule has 2 rings (SSSR count). The van der Waals surface area contributed by atoms with E-state index in [0.29, 0.717) is 6.54 Å². The number of amides is 1. The van der Waals surface area contributed by atoms with Gasteiger partial charge in [-0.3, -0.25) is 4.79 Å². The molecule has 1 aliphatic heterocycles. The summed E-state index contributed by atoms with van der Waals surface area (Å²) in [6, 6.07) is 6.29. The van der Waals surface area contributed by atoms with Crippen LogP contribution in [0.4, 0.5) is 4.39 Å². The molecule has 1 heterocycles. The Balaban J connectivity index is 1.91. The molecule has 1 unspecified atom stereocenters. The van der Waals surface area contributed by atoms with Crippen LogP contribution in [0.25, 0.3) is 0 Å². The van der Waals surface area contributed by atoms with Gasteiger partial charge in [0, 0.05) is 13.1 Å². The summed E-state index contributed by atoms with van der Waals surface area (Å²) in [6.45, 7) is 4.31. The number of carbonyl (C=O) groups excluding carboxylic acids is 1. The minimum Gasteiger partial charge on any atom is -0.337 e. The number of hydrogen-bond acceptors (Lipinski definition) is 2. The van der Waals surface area contributed by atoms with E-state index in [4.69, 9.17) is 0 Å². The van der Waals surface area contributed by atoms with Crippen molar-refractivity contribution in [3.63, 3.8) is 0 Å². The van der Waals surface area contributed by atoms with Crippen molar-refractivity contribution in [2.75, 3.05) is 13.1 Å². The molecule has 0 aliphatic carbocycles. The largest absolute Gasteiger partial charge is 0.337 e. The summed E-state index contributed by atoms with van der Waals surface area (Å²) in [5, 5.41) is 3.25. The van der Waals surface area contributed by atoms with E-state index in [-0.39, 0.29) is 17.8 Å². The molecule has 0 aromatic heterocycles. The molecule has 98 valence electrons. The predicted molar refractivity (Wildman–Crippen MR) is 68.5 cm³/mol. The van der Waals surface area contributed by atoms with Gasteiger partial charge in [-0.2, -0.15) is 0 Å². The van der Waals surface area contributed by atoms with Crippen LogP contribution in [0.5, 0.6) is 0 Å². The van der Waals surface area contributed by atoms with E-state index < -0.39 is 0 Å². The highest BCUT2D eigenvalue weighted by Gasteiger charge is 2.30. The second-order valence-electron chi connectivity index (χ2n) is 4.68. The maximum atomic E-state index is 12.8. The van der Waals surface area contributed by atoms with E-state index in [1.54, 1.807) is 12.1 Å². The van der Waals surface area contributed by atoms with Gasteiger partial charge in [0.15, 0.2) is 0 Å². The lowest BCUT2D eigenvalue weighted by Gasteiger charge is -2.17. The molecule has 0 bridgehead atoms. The van der Waals surface area contributed by atoms with Crippen LogP contribution in [0, 0.1) is 5.82 Å². The van der Waals surface area contributed by atoms with Crippen LogP contribution in [0.3, 0.4) is 0 Å². The van der Waals surface area contributed by atoms with Gasteiger partial charge in [-0.15, -0.1) is 0 Å². The zero-order valence-electron chi connectivity index (χ0n) is 10.7. The number of nitrogens with one attached hydrogen (secondary N) is 1. The first kappa shape index (κ1) is 13.0. The van der Waals surface area contributed by atoms with Gasteiger partial charge in [0.1, 0.15) is 5.82 Å². The Morgan fingerprint density at radius 3 is 2.78 bits per heavy atom. The first-order valence-corrected chi connectivity index (χ1v) is 6.47. The number of likely N-dealkylation sites (tertiary alicyclic amines) is 1. The summed E-state index contributed by atoms with van der Waals surface area (Å²) in [7, 11) is 0. The fourth-order valence-electron chi connectivity index (χ4n) is 2.21. The highest BCUT2D eigenvalue weighted by Crippen LogP contribution is 2.15. The number of nitrogens with zero attached hydrogens (tertiary/aromatic N) is 1. The van der Waals surface area contributed by atoms with E-state index in [9.17, 15) is 9.18 Å². The maximum absolute atomic E-state index is 12.8. The summed E-state index contributed by atoms with van der Waals surface area (Å²) in [5.41, 5.74) is 0.973. The van der Waals surface area contributed by atoms with Crippen LogP contribution < -0.4 is 5.32 Å². The summed E-state index contributed by atoms with van der Waals surface area (Å²) in [5.74, 6) is -0.0817. The Morgan fingerprint density at radius 1 is 1.39 bits per heavy atom. The smallest absolute Gasteiger partial charge is 0.240 e. The first-order chi connectivity index (χ1) is 8.70. The maximum Gasteiger partial charge on any atom is 0.240 e. The van der Waals surface area contributed by atoms with Gasteiger partial charge in [-0.05, 0) is 37.1 Å². The third-order valence-electron chi connectivity index (χ3n) is 3.22. The van der Waals surface area contributed by atoms with Gasteiger partial charge < -0.3 is 10.2 Å².